The molecule has 3 N–H and O–H groups in total. The van der Waals surface area contributed by atoms with Gasteiger partial charge < -0.3 is 20.1 Å². The molecule has 1 atom stereocenters. The van der Waals surface area contributed by atoms with Gasteiger partial charge in [-0.25, -0.2) is 4.42 Å². The Morgan fingerprint density at radius 1 is 1.21 bits per heavy atom. The molecule has 0 aromatic heterocycles. The molecular weight excluding hydrogens is 392 g/mol. The van der Waals surface area contributed by atoms with Crippen LogP contribution in [0.2, 0.25) is 0 Å². The zero-order valence-electron chi connectivity index (χ0n) is 16.3. The number of nitrogens with one attached hydrogen (secondary N) is 1. The lowest BCUT2D eigenvalue weighted by Gasteiger charge is -2.29. The van der Waals surface area contributed by atoms with E-state index < -0.39 is 6.10 Å². The molecule has 1 saturated heterocycles. The Kier molecular flexibility index (Phi) is 7.09. The summed E-state index contributed by atoms with van der Waals surface area (Å²) in [5.41, 5.74) is 8.74. The van der Waals surface area contributed by atoms with E-state index in [9.17, 15) is 4.79 Å². The van der Waals surface area contributed by atoms with Crippen molar-refractivity contribution in [2.24, 2.45) is 5.73 Å². The van der Waals surface area contributed by atoms with Crippen molar-refractivity contribution in [3.8, 4) is 0 Å². The molecule has 0 spiro atoms. The van der Waals surface area contributed by atoms with Crippen LogP contribution in [0.1, 0.15) is 22.8 Å². The minimum absolute atomic E-state index is 0.00432. The molecule has 1 aliphatic heterocycles. The molecule has 2 aromatic rings. The summed E-state index contributed by atoms with van der Waals surface area (Å²) in [6.07, 6.45) is -0.789. The molecule has 1 unspecified atom stereocenters. The van der Waals surface area contributed by atoms with Crippen LogP contribution in [0.5, 0.6) is 0 Å². The maximum atomic E-state index is 12.8. The first-order valence-electron chi connectivity index (χ1n) is 9.35. The Morgan fingerprint density at radius 2 is 1.83 bits per heavy atom. The molecule has 1 fully saturated rings. The SMILES string of the molecule is COC(C(=O)N(Cl)Cc1ccc(C(=N)N)cc1)c1ccc(N2CCOCC2)cc1. The minimum atomic E-state index is -0.789. The third-order valence-electron chi connectivity index (χ3n) is 4.86. The molecule has 0 aliphatic carbocycles. The van der Waals surface area contributed by atoms with Crippen LogP contribution in [0.25, 0.3) is 0 Å². The lowest BCUT2D eigenvalue weighted by Crippen LogP contribution is -2.36. The van der Waals surface area contributed by atoms with Crippen molar-refractivity contribution < 1.29 is 14.3 Å². The van der Waals surface area contributed by atoms with E-state index in [1.807, 2.05) is 24.3 Å². The highest BCUT2D eigenvalue weighted by atomic mass is 35.5. The van der Waals surface area contributed by atoms with Gasteiger partial charge in [-0.3, -0.25) is 10.2 Å². The lowest BCUT2D eigenvalue weighted by atomic mass is 10.1. The van der Waals surface area contributed by atoms with E-state index in [2.05, 4.69) is 4.90 Å². The average molecular weight is 417 g/mol. The summed E-state index contributed by atoms with van der Waals surface area (Å²) in [5, 5.41) is 7.43. The van der Waals surface area contributed by atoms with E-state index in [-0.39, 0.29) is 18.3 Å². The van der Waals surface area contributed by atoms with E-state index in [0.717, 1.165) is 47.5 Å². The Balaban J connectivity index is 1.66. The quantitative estimate of drug-likeness (QED) is 0.411. The predicted octanol–water partition coefficient (Wildman–Crippen LogP) is 2.68. The molecule has 1 heterocycles. The molecule has 3 rings (SSSR count). The van der Waals surface area contributed by atoms with Gasteiger partial charge in [-0.1, -0.05) is 36.4 Å². The Bertz CT molecular complexity index is 836. The second-order valence-corrected chi connectivity index (χ2v) is 7.18. The second kappa shape index (κ2) is 9.73. The number of rotatable bonds is 7. The molecule has 29 heavy (non-hydrogen) atoms. The van der Waals surface area contributed by atoms with Crippen molar-refractivity contribution in [2.45, 2.75) is 12.6 Å². The van der Waals surface area contributed by atoms with Crippen LogP contribution in [0.4, 0.5) is 5.69 Å². The fourth-order valence-corrected chi connectivity index (χ4v) is 3.44. The highest BCUT2D eigenvalue weighted by Gasteiger charge is 2.25. The Labute approximate surface area is 175 Å². The number of hydrogen-bond donors (Lipinski definition) is 2. The van der Waals surface area contributed by atoms with E-state index >= 15 is 0 Å². The topological polar surface area (TPSA) is 91.9 Å². The zero-order valence-corrected chi connectivity index (χ0v) is 17.1. The Hall–Kier alpha value is -2.61. The normalized spacial score (nSPS) is 15.0. The first-order chi connectivity index (χ1) is 14.0. The monoisotopic (exact) mass is 416 g/mol. The average Bonchev–Trinajstić information content (AvgIpc) is 2.75. The van der Waals surface area contributed by atoms with Gasteiger partial charge in [0.05, 0.1) is 19.8 Å². The van der Waals surface area contributed by atoms with Crippen molar-refractivity contribution in [1.29, 1.82) is 5.41 Å². The van der Waals surface area contributed by atoms with E-state index in [1.54, 1.807) is 24.3 Å². The summed E-state index contributed by atoms with van der Waals surface area (Å²) < 4.78 is 11.9. The van der Waals surface area contributed by atoms with E-state index in [1.165, 1.54) is 7.11 Å². The van der Waals surface area contributed by atoms with Crippen LogP contribution in [-0.4, -0.2) is 49.6 Å². The molecule has 1 amide bonds. The molecule has 0 saturated carbocycles. The predicted molar refractivity (Wildman–Crippen MR) is 113 cm³/mol. The number of amides is 1. The minimum Gasteiger partial charge on any atom is -0.384 e. The number of nitrogens with two attached hydrogens (primary N) is 1. The van der Waals surface area contributed by atoms with Crippen LogP contribution in [0, 0.1) is 5.41 Å². The van der Waals surface area contributed by atoms with Crippen LogP contribution in [0.15, 0.2) is 48.5 Å². The summed E-state index contributed by atoms with van der Waals surface area (Å²) >= 11 is 6.26. The largest absolute Gasteiger partial charge is 0.384 e. The number of carbonyl (C=O) groups excluding carboxylic acids is 1. The van der Waals surface area contributed by atoms with Gasteiger partial charge in [0, 0.05) is 43.2 Å². The van der Waals surface area contributed by atoms with Gasteiger partial charge in [-0.2, -0.15) is 0 Å². The maximum absolute atomic E-state index is 12.8. The summed E-state index contributed by atoms with van der Waals surface area (Å²) in [7, 11) is 1.49. The molecule has 2 aromatic carbocycles. The number of nitrogens with zero attached hydrogens (tertiary/aromatic N) is 2. The Morgan fingerprint density at radius 3 is 2.38 bits per heavy atom. The lowest BCUT2D eigenvalue weighted by molar-refractivity contribution is -0.137. The molecule has 0 radical (unpaired) electrons. The van der Waals surface area contributed by atoms with Gasteiger partial charge in [0.1, 0.15) is 5.84 Å². The van der Waals surface area contributed by atoms with Crippen LogP contribution < -0.4 is 10.6 Å². The number of morpholine rings is 1. The second-order valence-electron chi connectivity index (χ2n) is 6.78. The summed E-state index contributed by atoms with van der Waals surface area (Å²) in [6, 6.07) is 14.8. The van der Waals surface area contributed by atoms with E-state index in [0.29, 0.717) is 5.56 Å². The van der Waals surface area contributed by atoms with Crippen LogP contribution in [0.3, 0.4) is 0 Å². The van der Waals surface area contributed by atoms with E-state index in [4.69, 9.17) is 32.4 Å². The highest BCUT2D eigenvalue weighted by Crippen LogP contribution is 2.25. The van der Waals surface area contributed by atoms with Crippen molar-refractivity contribution in [3.63, 3.8) is 0 Å². The molecule has 0 bridgehead atoms. The summed E-state index contributed by atoms with van der Waals surface area (Å²) in [6.45, 7) is 3.35. The number of ether oxygens (including phenoxy) is 2. The number of nitrogen functional groups attached to an aromatic ring is 1. The number of amidine groups is 1. The number of halogens is 1. The number of carbonyl (C=O) groups is 1. The first kappa shape index (κ1) is 21.1. The number of benzene rings is 2. The van der Waals surface area contributed by atoms with Crippen LogP contribution in [-0.2, 0) is 20.8 Å². The third kappa shape index (κ3) is 5.26. The van der Waals surface area contributed by atoms with Crippen molar-refractivity contribution in [1.82, 2.24) is 4.42 Å². The molecule has 8 heteroatoms. The number of anilines is 1. The standard InChI is InChI=1S/C21H25ClN4O3/c1-28-19(16-6-8-18(9-7-16)25-10-12-29-13-11-25)21(27)26(22)14-15-2-4-17(5-3-15)20(23)24/h2-9,19H,10-14H2,1H3,(H3,23,24). The van der Waals surface area contributed by atoms with Gasteiger partial charge >= 0.3 is 0 Å². The molecule has 7 nitrogen and oxygen atoms in total. The van der Waals surface area contributed by atoms with Gasteiger partial charge in [-0.05, 0) is 23.3 Å². The van der Waals surface area contributed by atoms with Gasteiger partial charge in [-0.15, -0.1) is 0 Å². The molecule has 1 aliphatic rings. The molecule has 154 valence electrons. The third-order valence-corrected chi connectivity index (χ3v) is 5.14. The van der Waals surface area contributed by atoms with Crippen molar-refractivity contribution >= 4 is 29.2 Å². The number of methoxy groups -OCH3 is 1. The highest BCUT2D eigenvalue weighted by molar-refractivity contribution is 6.21. The molecular formula is C21H25ClN4O3. The maximum Gasteiger partial charge on any atom is 0.270 e. The van der Waals surface area contributed by atoms with Gasteiger partial charge in [0.15, 0.2) is 6.10 Å². The van der Waals surface area contributed by atoms with Crippen LogP contribution >= 0.6 is 11.8 Å². The fraction of sp³-hybridized carbons (Fsp3) is 0.333. The number of hydrogen-bond acceptors (Lipinski definition) is 5. The zero-order chi connectivity index (χ0) is 20.8. The fourth-order valence-electron chi connectivity index (χ4n) is 3.22. The van der Waals surface area contributed by atoms with Crippen molar-refractivity contribution in [3.05, 3.63) is 65.2 Å². The van der Waals surface area contributed by atoms with Gasteiger partial charge in [0.25, 0.3) is 5.91 Å². The smallest absolute Gasteiger partial charge is 0.270 e. The summed E-state index contributed by atoms with van der Waals surface area (Å²) in [4.78, 5) is 15.1. The first-order valence-corrected chi connectivity index (χ1v) is 9.69. The van der Waals surface area contributed by atoms with Crippen molar-refractivity contribution in [2.75, 3.05) is 38.3 Å². The van der Waals surface area contributed by atoms with Gasteiger partial charge in [0.2, 0.25) is 0 Å². The summed E-state index contributed by atoms with van der Waals surface area (Å²) in [5.74, 6) is -0.348.